The minimum atomic E-state index is 0.00605. The topological polar surface area (TPSA) is 46.2 Å². The summed E-state index contributed by atoms with van der Waals surface area (Å²) in [7, 11) is 0. The number of nitrogens with one attached hydrogen (secondary N) is 1. The Kier molecular flexibility index (Phi) is 3.67. The number of hydrogen-bond acceptors (Lipinski definition) is 2. The van der Waals surface area contributed by atoms with Gasteiger partial charge in [-0.25, -0.2) is 0 Å². The minimum absolute atomic E-state index is 0.00605. The van der Waals surface area contributed by atoms with Crippen LogP contribution in [0.5, 0.6) is 0 Å². The first-order valence-electron chi connectivity index (χ1n) is 5.32. The quantitative estimate of drug-likeness (QED) is 0.723. The van der Waals surface area contributed by atoms with Crippen molar-refractivity contribution in [1.82, 2.24) is 5.32 Å². The first kappa shape index (κ1) is 11.2. The summed E-state index contributed by atoms with van der Waals surface area (Å²) in [6.07, 6.45) is 2.32. The van der Waals surface area contributed by atoms with Crippen molar-refractivity contribution in [3.8, 4) is 0 Å². The Labute approximate surface area is 85.3 Å². The zero-order valence-corrected chi connectivity index (χ0v) is 9.17. The zero-order chi connectivity index (χ0) is 10.7. The van der Waals surface area contributed by atoms with Gasteiger partial charge in [-0.3, -0.25) is 9.59 Å². The molecule has 1 amide bonds. The van der Waals surface area contributed by atoms with Crippen LogP contribution in [0.2, 0.25) is 0 Å². The number of hydrogen-bond donors (Lipinski definition) is 1. The van der Waals surface area contributed by atoms with Crippen molar-refractivity contribution < 1.29 is 9.59 Å². The second kappa shape index (κ2) is 4.58. The Balaban J connectivity index is 2.23. The van der Waals surface area contributed by atoms with Gasteiger partial charge >= 0.3 is 0 Å². The second-order valence-electron chi connectivity index (χ2n) is 4.46. The number of rotatable bonds is 5. The van der Waals surface area contributed by atoms with Gasteiger partial charge in [-0.15, -0.1) is 0 Å². The van der Waals surface area contributed by atoms with Gasteiger partial charge in [0.15, 0.2) is 5.78 Å². The molecule has 0 radical (unpaired) electrons. The van der Waals surface area contributed by atoms with Crippen LogP contribution in [0, 0.1) is 17.8 Å². The van der Waals surface area contributed by atoms with E-state index in [1.807, 2.05) is 20.8 Å². The first-order chi connectivity index (χ1) is 6.52. The molecular formula is C11H19NO2. The predicted molar refractivity (Wildman–Crippen MR) is 54.7 cm³/mol. The summed E-state index contributed by atoms with van der Waals surface area (Å²) in [5.41, 5.74) is 0. The molecule has 1 fully saturated rings. The van der Waals surface area contributed by atoms with Crippen molar-refractivity contribution in [3.05, 3.63) is 0 Å². The summed E-state index contributed by atoms with van der Waals surface area (Å²) in [5.74, 6) is 0.772. The van der Waals surface area contributed by atoms with Crippen LogP contribution < -0.4 is 5.32 Å². The van der Waals surface area contributed by atoms with Crippen molar-refractivity contribution in [2.45, 2.75) is 33.6 Å². The third-order valence-corrected chi connectivity index (χ3v) is 2.82. The van der Waals surface area contributed by atoms with Crippen molar-refractivity contribution in [1.29, 1.82) is 0 Å². The Bertz CT molecular complexity index is 231. The maximum Gasteiger partial charge on any atom is 0.223 e. The van der Waals surface area contributed by atoms with Crippen LogP contribution in [0.4, 0.5) is 0 Å². The van der Waals surface area contributed by atoms with E-state index < -0.39 is 0 Å². The summed E-state index contributed by atoms with van der Waals surface area (Å²) >= 11 is 0. The zero-order valence-electron chi connectivity index (χ0n) is 9.17. The summed E-state index contributed by atoms with van der Waals surface area (Å²) in [6.45, 7) is 5.82. The third-order valence-electron chi connectivity index (χ3n) is 2.82. The second-order valence-corrected chi connectivity index (χ2v) is 4.46. The number of carbonyl (C=O) groups is 2. The van der Waals surface area contributed by atoms with Crippen LogP contribution in [0.15, 0.2) is 0 Å². The lowest BCUT2D eigenvalue weighted by molar-refractivity contribution is -0.128. The molecule has 0 spiro atoms. The lowest BCUT2D eigenvalue weighted by Gasteiger charge is -2.11. The number of amides is 1. The standard InChI is InChI=1S/C11H19NO2/c1-7(2)10(13)6-12-11(14)8(3)9-4-5-9/h7-9H,4-6H2,1-3H3,(H,12,14). The fourth-order valence-electron chi connectivity index (χ4n) is 1.35. The third kappa shape index (κ3) is 3.13. The maximum atomic E-state index is 11.5. The van der Waals surface area contributed by atoms with Gasteiger partial charge in [-0.2, -0.15) is 0 Å². The van der Waals surface area contributed by atoms with Gasteiger partial charge in [0.25, 0.3) is 0 Å². The molecule has 1 aliphatic rings. The van der Waals surface area contributed by atoms with Crippen LogP contribution >= 0.6 is 0 Å². The smallest absolute Gasteiger partial charge is 0.223 e. The van der Waals surface area contributed by atoms with Gasteiger partial charge in [0.2, 0.25) is 5.91 Å². The van der Waals surface area contributed by atoms with Gasteiger partial charge in [-0.1, -0.05) is 20.8 Å². The molecule has 80 valence electrons. The molecule has 3 nitrogen and oxygen atoms in total. The molecule has 1 unspecified atom stereocenters. The number of carbonyl (C=O) groups excluding carboxylic acids is 2. The van der Waals surface area contributed by atoms with Crippen LogP contribution in [-0.2, 0) is 9.59 Å². The molecule has 14 heavy (non-hydrogen) atoms. The van der Waals surface area contributed by atoms with E-state index >= 15 is 0 Å². The van der Waals surface area contributed by atoms with Gasteiger partial charge in [0.1, 0.15) is 0 Å². The molecule has 0 aromatic rings. The van der Waals surface area contributed by atoms with Crippen LogP contribution in [0.1, 0.15) is 33.6 Å². The van der Waals surface area contributed by atoms with Crippen molar-refractivity contribution in [3.63, 3.8) is 0 Å². The van der Waals surface area contributed by atoms with Gasteiger partial charge in [-0.05, 0) is 18.8 Å². The van der Waals surface area contributed by atoms with E-state index in [0.717, 1.165) is 12.8 Å². The molecule has 0 aromatic carbocycles. The lowest BCUT2D eigenvalue weighted by atomic mass is 10.1. The molecule has 0 saturated heterocycles. The first-order valence-corrected chi connectivity index (χ1v) is 5.32. The van der Waals surface area contributed by atoms with Crippen LogP contribution in [0.25, 0.3) is 0 Å². The van der Waals surface area contributed by atoms with E-state index in [4.69, 9.17) is 0 Å². The molecule has 1 atom stereocenters. The summed E-state index contributed by atoms with van der Waals surface area (Å²) in [5, 5.41) is 2.70. The monoisotopic (exact) mass is 197 g/mol. The lowest BCUT2D eigenvalue weighted by Crippen LogP contribution is -2.35. The average Bonchev–Trinajstić information content (AvgIpc) is 2.95. The fourth-order valence-corrected chi connectivity index (χ4v) is 1.35. The fraction of sp³-hybridized carbons (Fsp3) is 0.818. The van der Waals surface area contributed by atoms with E-state index in [1.165, 1.54) is 0 Å². The van der Waals surface area contributed by atoms with Crippen molar-refractivity contribution in [2.24, 2.45) is 17.8 Å². The molecular weight excluding hydrogens is 178 g/mol. The average molecular weight is 197 g/mol. The normalized spacial score (nSPS) is 18.0. The molecule has 3 heteroatoms. The van der Waals surface area contributed by atoms with E-state index in [0.29, 0.717) is 5.92 Å². The molecule has 0 aromatic heterocycles. The van der Waals surface area contributed by atoms with Crippen molar-refractivity contribution in [2.75, 3.05) is 6.54 Å². The van der Waals surface area contributed by atoms with Gasteiger partial charge in [0.05, 0.1) is 6.54 Å². The van der Waals surface area contributed by atoms with E-state index in [1.54, 1.807) is 0 Å². The highest BCUT2D eigenvalue weighted by Gasteiger charge is 2.32. The summed E-state index contributed by atoms with van der Waals surface area (Å²) in [6, 6.07) is 0. The molecule has 0 bridgehead atoms. The highest BCUT2D eigenvalue weighted by Crippen LogP contribution is 2.36. The number of ketones is 1. The summed E-state index contributed by atoms with van der Waals surface area (Å²) < 4.78 is 0. The Hall–Kier alpha value is -0.860. The Morgan fingerprint density at radius 3 is 2.29 bits per heavy atom. The molecule has 0 aliphatic heterocycles. The van der Waals surface area contributed by atoms with Gasteiger partial charge < -0.3 is 5.32 Å². The Morgan fingerprint density at radius 2 is 1.86 bits per heavy atom. The van der Waals surface area contributed by atoms with E-state index in [2.05, 4.69) is 5.32 Å². The molecule has 1 rings (SSSR count). The largest absolute Gasteiger partial charge is 0.349 e. The molecule has 1 N–H and O–H groups in total. The maximum absolute atomic E-state index is 11.5. The SMILES string of the molecule is CC(C)C(=O)CNC(=O)C(C)C1CC1. The van der Waals surface area contributed by atoms with E-state index in [-0.39, 0.29) is 30.1 Å². The van der Waals surface area contributed by atoms with Crippen molar-refractivity contribution >= 4 is 11.7 Å². The van der Waals surface area contributed by atoms with Crippen LogP contribution in [0.3, 0.4) is 0 Å². The highest BCUT2D eigenvalue weighted by molar-refractivity contribution is 5.88. The molecule has 1 saturated carbocycles. The van der Waals surface area contributed by atoms with Gasteiger partial charge in [0, 0.05) is 11.8 Å². The minimum Gasteiger partial charge on any atom is -0.349 e. The molecule has 0 heterocycles. The summed E-state index contributed by atoms with van der Waals surface area (Å²) in [4.78, 5) is 22.7. The van der Waals surface area contributed by atoms with Crippen LogP contribution in [-0.4, -0.2) is 18.2 Å². The predicted octanol–water partition coefficient (Wildman–Crippen LogP) is 1.37. The highest BCUT2D eigenvalue weighted by atomic mass is 16.2. The molecule has 1 aliphatic carbocycles. The Morgan fingerprint density at radius 1 is 1.29 bits per heavy atom. The number of Topliss-reactive ketones (excluding diaryl/α,β-unsaturated/α-hetero) is 1. The van der Waals surface area contributed by atoms with E-state index in [9.17, 15) is 9.59 Å².